The van der Waals surface area contributed by atoms with Crippen molar-refractivity contribution in [1.29, 1.82) is 0 Å². The minimum Gasteiger partial charge on any atom is -0.330 e. The first-order valence-electron chi connectivity index (χ1n) is 9.24. The number of nitrogens with zero attached hydrogens (tertiary/aromatic N) is 1. The van der Waals surface area contributed by atoms with Gasteiger partial charge in [0, 0.05) is 25.1 Å². The summed E-state index contributed by atoms with van der Waals surface area (Å²) in [5.74, 6) is 0.527. The van der Waals surface area contributed by atoms with Crippen LogP contribution in [0.15, 0.2) is 18.2 Å². The summed E-state index contributed by atoms with van der Waals surface area (Å²) in [6.45, 7) is 2.71. The lowest BCUT2D eigenvalue weighted by atomic mass is 10.0. The second-order valence-corrected chi connectivity index (χ2v) is 7.47. The van der Waals surface area contributed by atoms with Crippen LogP contribution in [0, 0.1) is 11.8 Å². The number of amides is 3. The molecule has 2 heterocycles. The Hall–Kier alpha value is -2.25. The van der Waals surface area contributed by atoms with Crippen molar-refractivity contribution in [2.75, 3.05) is 13.1 Å². The molecule has 138 valence electrons. The molecule has 4 N–H and O–H groups in total. The number of imide groups is 1. The lowest BCUT2D eigenvalue weighted by molar-refractivity contribution is -0.136. The quantitative estimate of drug-likeness (QED) is 0.629. The number of carbonyl (C=O) groups is 3. The average Bonchev–Trinajstić information content (AvgIpc) is 3.30. The zero-order valence-electron chi connectivity index (χ0n) is 14.7. The molecule has 0 radical (unpaired) electrons. The normalized spacial score (nSPS) is 27.5. The summed E-state index contributed by atoms with van der Waals surface area (Å²) in [6.07, 6.45) is 1.84. The van der Waals surface area contributed by atoms with Gasteiger partial charge >= 0.3 is 0 Å². The number of nitrogens with one attached hydrogen (secondary N) is 2. The molecule has 1 unspecified atom stereocenters. The molecule has 3 aliphatic rings. The van der Waals surface area contributed by atoms with Crippen LogP contribution in [0.3, 0.4) is 0 Å². The molecule has 7 nitrogen and oxygen atoms in total. The Labute approximate surface area is 152 Å². The van der Waals surface area contributed by atoms with Crippen LogP contribution < -0.4 is 16.4 Å². The topological polar surface area (TPSA) is 105 Å². The Morgan fingerprint density at radius 3 is 2.81 bits per heavy atom. The Kier molecular flexibility index (Phi) is 4.50. The van der Waals surface area contributed by atoms with Crippen LogP contribution in [-0.2, 0) is 22.7 Å². The smallest absolute Gasteiger partial charge is 0.255 e. The van der Waals surface area contributed by atoms with Crippen molar-refractivity contribution in [2.45, 2.75) is 38.4 Å². The largest absolute Gasteiger partial charge is 0.330 e. The molecule has 1 saturated heterocycles. The summed E-state index contributed by atoms with van der Waals surface area (Å²) in [4.78, 5) is 38.1. The average molecular weight is 356 g/mol. The van der Waals surface area contributed by atoms with Gasteiger partial charge in [-0.3, -0.25) is 19.7 Å². The Balaban J connectivity index is 1.44. The molecule has 0 spiro atoms. The molecule has 3 atom stereocenters. The summed E-state index contributed by atoms with van der Waals surface area (Å²) in [6, 6.07) is 5.29. The summed E-state index contributed by atoms with van der Waals surface area (Å²) in [7, 11) is 0. The molecule has 2 aliphatic heterocycles. The SMILES string of the molecule is NC[C@@H]1C[C@H]1CNCc1cccc2c1C(=O)N(C1CCC(=O)NC1=O)C2. The molecule has 26 heavy (non-hydrogen) atoms. The van der Waals surface area contributed by atoms with E-state index < -0.39 is 6.04 Å². The molecular weight excluding hydrogens is 332 g/mol. The molecule has 1 aliphatic carbocycles. The number of hydrogen-bond donors (Lipinski definition) is 3. The number of benzene rings is 1. The number of nitrogens with two attached hydrogens (primary N) is 1. The van der Waals surface area contributed by atoms with Gasteiger partial charge in [0.05, 0.1) is 0 Å². The highest BCUT2D eigenvalue weighted by Crippen LogP contribution is 2.36. The Morgan fingerprint density at radius 2 is 2.08 bits per heavy atom. The Bertz CT molecular complexity index is 763. The van der Waals surface area contributed by atoms with Crippen molar-refractivity contribution in [1.82, 2.24) is 15.5 Å². The van der Waals surface area contributed by atoms with Gasteiger partial charge in [-0.05, 0) is 48.9 Å². The number of hydrogen-bond acceptors (Lipinski definition) is 5. The van der Waals surface area contributed by atoms with Gasteiger partial charge < -0.3 is 16.0 Å². The van der Waals surface area contributed by atoms with E-state index in [1.807, 2.05) is 18.2 Å². The van der Waals surface area contributed by atoms with Gasteiger partial charge in [0.2, 0.25) is 11.8 Å². The van der Waals surface area contributed by atoms with Crippen LogP contribution in [0.2, 0.25) is 0 Å². The predicted octanol–water partition coefficient (Wildman–Crippen LogP) is 0.132. The monoisotopic (exact) mass is 356 g/mol. The third-order valence-electron chi connectivity index (χ3n) is 5.73. The summed E-state index contributed by atoms with van der Waals surface area (Å²) < 4.78 is 0. The van der Waals surface area contributed by atoms with Crippen LogP contribution >= 0.6 is 0 Å². The van der Waals surface area contributed by atoms with E-state index in [1.165, 1.54) is 6.42 Å². The molecule has 0 bridgehead atoms. The first kappa shape index (κ1) is 17.2. The number of rotatable bonds is 6. The lowest BCUT2D eigenvalue weighted by Crippen LogP contribution is -2.52. The lowest BCUT2D eigenvalue weighted by Gasteiger charge is -2.29. The first-order chi connectivity index (χ1) is 12.6. The van der Waals surface area contributed by atoms with Crippen LogP contribution in [0.25, 0.3) is 0 Å². The van der Waals surface area contributed by atoms with Crippen molar-refractivity contribution in [3.63, 3.8) is 0 Å². The Morgan fingerprint density at radius 1 is 1.23 bits per heavy atom. The number of piperidine rings is 1. The summed E-state index contributed by atoms with van der Waals surface area (Å²) in [5.41, 5.74) is 8.29. The van der Waals surface area contributed by atoms with Gasteiger partial charge in [-0.2, -0.15) is 0 Å². The molecule has 2 fully saturated rings. The van der Waals surface area contributed by atoms with E-state index in [4.69, 9.17) is 5.73 Å². The van der Waals surface area contributed by atoms with E-state index in [1.54, 1.807) is 4.90 Å². The van der Waals surface area contributed by atoms with Crippen LogP contribution in [-0.4, -0.2) is 41.8 Å². The van der Waals surface area contributed by atoms with Crippen molar-refractivity contribution in [2.24, 2.45) is 17.6 Å². The number of carbonyl (C=O) groups excluding carboxylic acids is 3. The maximum Gasteiger partial charge on any atom is 0.255 e. The highest BCUT2D eigenvalue weighted by Gasteiger charge is 2.40. The maximum absolute atomic E-state index is 13.0. The van der Waals surface area contributed by atoms with Gasteiger partial charge in [0.25, 0.3) is 5.91 Å². The number of fused-ring (bicyclic) bond motifs is 1. The van der Waals surface area contributed by atoms with E-state index in [-0.39, 0.29) is 24.1 Å². The molecule has 7 heteroatoms. The molecule has 1 saturated carbocycles. The van der Waals surface area contributed by atoms with Gasteiger partial charge in [0.1, 0.15) is 6.04 Å². The highest BCUT2D eigenvalue weighted by atomic mass is 16.2. The molecule has 1 aromatic rings. The zero-order chi connectivity index (χ0) is 18.3. The fraction of sp³-hybridized carbons (Fsp3) is 0.526. The zero-order valence-corrected chi connectivity index (χ0v) is 14.7. The van der Waals surface area contributed by atoms with Crippen LogP contribution in [0.4, 0.5) is 0 Å². The highest BCUT2D eigenvalue weighted by molar-refractivity contribution is 6.05. The van der Waals surface area contributed by atoms with E-state index in [0.29, 0.717) is 36.9 Å². The van der Waals surface area contributed by atoms with Gasteiger partial charge in [0.15, 0.2) is 0 Å². The fourth-order valence-corrected chi connectivity index (χ4v) is 4.08. The fourth-order valence-electron chi connectivity index (χ4n) is 4.08. The predicted molar refractivity (Wildman–Crippen MR) is 94.8 cm³/mol. The van der Waals surface area contributed by atoms with Crippen molar-refractivity contribution >= 4 is 17.7 Å². The molecule has 4 rings (SSSR count). The minimum atomic E-state index is -0.565. The molecule has 1 aromatic carbocycles. The van der Waals surface area contributed by atoms with E-state index >= 15 is 0 Å². The van der Waals surface area contributed by atoms with Gasteiger partial charge in [-0.15, -0.1) is 0 Å². The molecule has 0 aromatic heterocycles. The minimum absolute atomic E-state index is 0.113. The van der Waals surface area contributed by atoms with Gasteiger partial charge in [-0.25, -0.2) is 0 Å². The third kappa shape index (κ3) is 3.12. The summed E-state index contributed by atoms with van der Waals surface area (Å²) in [5, 5.41) is 5.77. The summed E-state index contributed by atoms with van der Waals surface area (Å²) >= 11 is 0. The maximum atomic E-state index is 13.0. The first-order valence-corrected chi connectivity index (χ1v) is 9.24. The van der Waals surface area contributed by atoms with E-state index in [0.717, 1.165) is 24.2 Å². The van der Waals surface area contributed by atoms with Crippen molar-refractivity contribution in [3.05, 3.63) is 34.9 Å². The second kappa shape index (κ2) is 6.81. The van der Waals surface area contributed by atoms with Crippen LogP contribution in [0.1, 0.15) is 40.7 Å². The molecular formula is C19H24N4O3. The van der Waals surface area contributed by atoms with Gasteiger partial charge in [-0.1, -0.05) is 18.2 Å². The van der Waals surface area contributed by atoms with Crippen LogP contribution in [0.5, 0.6) is 0 Å². The van der Waals surface area contributed by atoms with E-state index in [9.17, 15) is 14.4 Å². The van der Waals surface area contributed by atoms with Crippen molar-refractivity contribution < 1.29 is 14.4 Å². The van der Waals surface area contributed by atoms with Crippen molar-refractivity contribution in [3.8, 4) is 0 Å². The molecule has 3 amide bonds. The standard InChI is InChI=1S/C19H24N4O3/c20-7-13-6-14(13)9-21-8-11-2-1-3-12-10-23(19(26)17(11)12)15-4-5-16(24)22-18(15)25/h1-3,13-15,21H,4-10,20H2,(H,22,24,25)/t13-,14-,15?/m0/s1. The second-order valence-electron chi connectivity index (χ2n) is 7.47. The van der Waals surface area contributed by atoms with E-state index in [2.05, 4.69) is 10.6 Å². The third-order valence-corrected chi connectivity index (χ3v) is 5.73.